The topological polar surface area (TPSA) is 92.6 Å². The van der Waals surface area contributed by atoms with Crippen LogP contribution in [0.15, 0.2) is 54.0 Å². The maximum atomic E-state index is 12.8. The van der Waals surface area contributed by atoms with Gasteiger partial charge < -0.3 is 19.7 Å². The van der Waals surface area contributed by atoms with Crippen molar-refractivity contribution >= 4 is 44.1 Å². The predicted octanol–water partition coefficient (Wildman–Crippen LogP) is 3.20. The smallest absolute Gasteiger partial charge is 0.323 e. The Balaban J connectivity index is 1.58. The Morgan fingerprint density at radius 3 is 2.81 bits per heavy atom. The zero-order valence-electron chi connectivity index (χ0n) is 16.4. The van der Waals surface area contributed by atoms with Crippen molar-refractivity contribution in [2.45, 2.75) is 12.1 Å². The number of nitrogens with one attached hydrogen (secondary N) is 2. The first-order valence-electron chi connectivity index (χ1n) is 9.48. The summed E-state index contributed by atoms with van der Waals surface area (Å²) in [6, 6.07) is 12.5. The lowest BCUT2D eigenvalue weighted by Crippen LogP contribution is -2.49. The molecular weight excluding hydrogens is 414 g/mol. The van der Waals surface area contributed by atoms with Gasteiger partial charge in [-0.25, -0.2) is 4.79 Å². The monoisotopic (exact) mass is 431 g/mol. The molecular formula is C23H17N3O4S. The van der Waals surface area contributed by atoms with Crippen molar-refractivity contribution in [3.8, 4) is 23.5 Å². The van der Waals surface area contributed by atoms with E-state index in [0.29, 0.717) is 11.1 Å². The molecule has 7 nitrogen and oxygen atoms in total. The highest BCUT2D eigenvalue weighted by atomic mass is 32.1. The lowest BCUT2D eigenvalue weighted by atomic mass is 9.99. The van der Waals surface area contributed by atoms with Crippen LogP contribution in [0.5, 0.6) is 11.6 Å². The first-order valence-corrected chi connectivity index (χ1v) is 10.4. The summed E-state index contributed by atoms with van der Waals surface area (Å²) in [4.78, 5) is 24.7. The van der Waals surface area contributed by atoms with Gasteiger partial charge in [0.1, 0.15) is 5.75 Å². The Hall–Kier alpha value is -3.96. The van der Waals surface area contributed by atoms with Gasteiger partial charge in [-0.2, -0.15) is 0 Å². The minimum atomic E-state index is -1.52. The van der Waals surface area contributed by atoms with E-state index in [9.17, 15) is 14.7 Å². The van der Waals surface area contributed by atoms with Crippen LogP contribution < -0.4 is 15.4 Å². The first-order chi connectivity index (χ1) is 15.0. The van der Waals surface area contributed by atoms with E-state index < -0.39 is 17.5 Å². The van der Waals surface area contributed by atoms with Gasteiger partial charge in [-0.1, -0.05) is 30.0 Å². The van der Waals surface area contributed by atoms with Crippen LogP contribution in [0.25, 0.3) is 20.9 Å². The third kappa shape index (κ3) is 3.16. The predicted molar refractivity (Wildman–Crippen MR) is 118 cm³/mol. The van der Waals surface area contributed by atoms with Gasteiger partial charge in [0.25, 0.3) is 5.91 Å². The Morgan fingerprint density at radius 2 is 2.03 bits per heavy atom. The van der Waals surface area contributed by atoms with Crippen LogP contribution in [0.3, 0.4) is 0 Å². The van der Waals surface area contributed by atoms with Gasteiger partial charge in [0.15, 0.2) is 5.88 Å². The SMILES string of the molecule is COc1ccc2cn(C[C@@]3(C#Cc4csc5ccccc45)NC(=O)NC3=O)c(O)c2c1. The fraction of sp³-hybridized carbons (Fsp3) is 0.130. The molecule has 0 unspecified atom stereocenters. The Morgan fingerprint density at radius 1 is 1.19 bits per heavy atom. The molecule has 0 bridgehead atoms. The normalized spacial score (nSPS) is 18.0. The van der Waals surface area contributed by atoms with Crippen LogP contribution in [0.1, 0.15) is 5.56 Å². The number of aromatic nitrogens is 1. The van der Waals surface area contributed by atoms with E-state index in [2.05, 4.69) is 22.5 Å². The molecule has 154 valence electrons. The van der Waals surface area contributed by atoms with E-state index in [0.717, 1.165) is 21.0 Å². The third-order valence-corrected chi connectivity index (χ3v) is 6.27. The quantitative estimate of drug-likeness (QED) is 0.343. The minimum Gasteiger partial charge on any atom is -0.497 e. The number of methoxy groups -OCH3 is 1. The largest absolute Gasteiger partial charge is 0.497 e. The van der Waals surface area contributed by atoms with Crippen molar-refractivity contribution in [3.63, 3.8) is 0 Å². The van der Waals surface area contributed by atoms with E-state index in [1.54, 1.807) is 36.8 Å². The molecule has 1 aliphatic rings. The standard InChI is InChI=1S/C23H17N3O4S/c1-30-16-7-6-14-11-26(20(27)18(14)10-16)13-23(21(28)24-22(29)25-23)9-8-15-12-31-19-5-3-2-4-17(15)19/h2-7,10-12,27H,13H2,1H3,(H2,24,25,28,29)/t23-/m1/s1. The number of fused-ring (bicyclic) bond motifs is 2. The number of aromatic hydroxyl groups is 1. The van der Waals surface area contributed by atoms with E-state index in [4.69, 9.17) is 4.74 Å². The molecule has 4 aromatic rings. The molecule has 0 radical (unpaired) electrons. The van der Waals surface area contributed by atoms with E-state index >= 15 is 0 Å². The highest BCUT2D eigenvalue weighted by molar-refractivity contribution is 7.17. The van der Waals surface area contributed by atoms with E-state index in [1.165, 1.54) is 4.57 Å². The molecule has 1 fully saturated rings. The molecule has 2 aromatic carbocycles. The highest BCUT2D eigenvalue weighted by Crippen LogP contribution is 2.32. The number of thiophene rings is 1. The third-order valence-electron chi connectivity index (χ3n) is 5.31. The maximum absolute atomic E-state index is 12.8. The number of nitrogens with zero attached hydrogens (tertiary/aromatic N) is 1. The van der Waals surface area contributed by atoms with Crippen molar-refractivity contribution < 1.29 is 19.4 Å². The molecule has 1 saturated heterocycles. The van der Waals surface area contributed by atoms with Crippen molar-refractivity contribution in [1.82, 2.24) is 15.2 Å². The summed E-state index contributed by atoms with van der Waals surface area (Å²) < 4.78 is 7.82. The summed E-state index contributed by atoms with van der Waals surface area (Å²) in [5, 5.41) is 19.9. The molecule has 1 aliphatic heterocycles. The minimum absolute atomic E-state index is 0.0370. The van der Waals surface area contributed by atoms with Crippen molar-refractivity contribution in [3.05, 3.63) is 59.6 Å². The molecule has 1 atom stereocenters. The molecule has 31 heavy (non-hydrogen) atoms. The fourth-order valence-corrected chi connectivity index (χ4v) is 4.60. The lowest BCUT2D eigenvalue weighted by Gasteiger charge is -2.20. The first kappa shape index (κ1) is 19.0. The summed E-state index contributed by atoms with van der Waals surface area (Å²) in [6.45, 7) is -0.0531. The van der Waals surface area contributed by atoms with Crippen molar-refractivity contribution in [2.24, 2.45) is 0 Å². The average molecular weight is 431 g/mol. The molecule has 0 saturated carbocycles. The molecule has 5 rings (SSSR count). The summed E-state index contributed by atoms with van der Waals surface area (Å²) in [7, 11) is 1.55. The van der Waals surface area contributed by atoms with Gasteiger partial charge in [-0.05, 0) is 24.3 Å². The molecule has 3 heterocycles. The molecule has 2 aromatic heterocycles. The lowest BCUT2D eigenvalue weighted by molar-refractivity contribution is -0.122. The molecule has 0 aliphatic carbocycles. The van der Waals surface area contributed by atoms with Crippen LogP contribution in [0.2, 0.25) is 0 Å². The summed E-state index contributed by atoms with van der Waals surface area (Å²) >= 11 is 1.56. The molecule has 0 spiro atoms. The summed E-state index contributed by atoms with van der Waals surface area (Å²) in [5.41, 5.74) is -0.739. The van der Waals surface area contributed by atoms with Crippen LogP contribution >= 0.6 is 11.3 Å². The average Bonchev–Trinajstić information content (AvgIpc) is 3.41. The number of benzene rings is 2. The number of imide groups is 1. The zero-order valence-corrected chi connectivity index (χ0v) is 17.2. The van der Waals surface area contributed by atoms with Gasteiger partial charge in [0.2, 0.25) is 5.54 Å². The number of amides is 3. The fourth-order valence-electron chi connectivity index (χ4n) is 3.71. The van der Waals surface area contributed by atoms with Gasteiger partial charge in [0.05, 0.1) is 13.7 Å². The maximum Gasteiger partial charge on any atom is 0.323 e. The number of carbonyl (C=O) groups excluding carboxylic acids is 2. The molecule has 8 heteroatoms. The summed E-state index contributed by atoms with van der Waals surface area (Å²) in [6.07, 6.45) is 1.71. The van der Waals surface area contributed by atoms with Crippen LogP contribution in [0, 0.1) is 11.8 Å². The Kier molecular flexibility index (Phi) is 4.34. The van der Waals surface area contributed by atoms with Crippen LogP contribution in [-0.4, -0.2) is 34.3 Å². The summed E-state index contributed by atoms with van der Waals surface area (Å²) in [5.74, 6) is 6.04. The van der Waals surface area contributed by atoms with Gasteiger partial charge in [0, 0.05) is 38.0 Å². The van der Waals surface area contributed by atoms with E-state index in [-0.39, 0.29) is 12.4 Å². The number of urea groups is 1. The number of hydrogen-bond acceptors (Lipinski definition) is 5. The highest BCUT2D eigenvalue weighted by Gasteiger charge is 2.46. The number of hydrogen-bond donors (Lipinski definition) is 3. The van der Waals surface area contributed by atoms with Crippen LogP contribution in [-0.2, 0) is 11.3 Å². The second-order valence-corrected chi connectivity index (χ2v) is 8.15. The Bertz CT molecular complexity index is 1430. The van der Waals surface area contributed by atoms with Gasteiger partial charge in [-0.15, -0.1) is 11.3 Å². The van der Waals surface area contributed by atoms with E-state index in [1.807, 2.05) is 35.7 Å². The van der Waals surface area contributed by atoms with Gasteiger partial charge >= 0.3 is 6.03 Å². The number of rotatable bonds is 3. The molecule has 3 N–H and O–H groups in total. The van der Waals surface area contributed by atoms with Gasteiger partial charge in [-0.3, -0.25) is 10.1 Å². The number of carbonyl (C=O) groups is 2. The van der Waals surface area contributed by atoms with Crippen molar-refractivity contribution in [2.75, 3.05) is 7.11 Å². The van der Waals surface area contributed by atoms with Crippen molar-refractivity contribution in [1.29, 1.82) is 0 Å². The Labute approximate surface area is 181 Å². The molecule has 3 amide bonds. The second-order valence-electron chi connectivity index (χ2n) is 7.24. The second kappa shape index (κ2) is 7.07. The number of ether oxygens (including phenoxy) is 1. The van der Waals surface area contributed by atoms with Crippen LogP contribution in [0.4, 0.5) is 4.79 Å². The zero-order chi connectivity index (χ0) is 21.6.